The van der Waals surface area contributed by atoms with E-state index in [0.717, 1.165) is 32.0 Å². The molecule has 0 spiro atoms. The Morgan fingerprint density at radius 2 is 1.23 bits per heavy atom. The van der Waals surface area contributed by atoms with Crippen molar-refractivity contribution in [3.63, 3.8) is 0 Å². The Balaban J connectivity index is 2.25. The summed E-state index contributed by atoms with van der Waals surface area (Å²) in [5.41, 5.74) is 0. The fourth-order valence-electron chi connectivity index (χ4n) is 3.73. The SMILES string of the molecule is CCCCCCCC(CCCCCCC)N1CCC(O)CC1. The molecule has 0 aromatic carbocycles. The molecule has 2 nitrogen and oxygen atoms in total. The zero-order valence-electron chi connectivity index (χ0n) is 15.4. The molecule has 0 amide bonds. The normalized spacial score (nSPS) is 17.5. The van der Waals surface area contributed by atoms with Gasteiger partial charge in [-0.1, -0.05) is 78.1 Å². The van der Waals surface area contributed by atoms with Crippen molar-refractivity contribution in [2.24, 2.45) is 0 Å². The van der Waals surface area contributed by atoms with Crippen LogP contribution in [0.5, 0.6) is 0 Å². The lowest BCUT2D eigenvalue weighted by Gasteiger charge is -2.36. The lowest BCUT2D eigenvalue weighted by Crippen LogP contribution is -2.42. The average molecular weight is 312 g/mol. The molecule has 0 aliphatic carbocycles. The minimum absolute atomic E-state index is 0.0361. The first-order chi connectivity index (χ1) is 10.8. The zero-order chi connectivity index (χ0) is 16.0. The minimum Gasteiger partial charge on any atom is -0.393 e. The van der Waals surface area contributed by atoms with Crippen molar-refractivity contribution in [1.82, 2.24) is 4.90 Å². The van der Waals surface area contributed by atoms with Crippen LogP contribution in [0.15, 0.2) is 0 Å². The maximum absolute atomic E-state index is 9.73. The van der Waals surface area contributed by atoms with Crippen molar-refractivity contribution < 1.29 is 5.11 Å². The smallest absolute Gasteiger partial charge is 0.0564 e. The Morgan fingerprint density at radius 3 is 1.68 bits per heavy atom. The zero-order valence-corrected chi connectivity index (χ0v) is 15.4. The van der Waals surface area contributed by atoms with E-state index in [0.29, 0.717) is 0 Å². The van der Waals surface area contributed by atoms with E-state index < -0.39 is 0 Å². The molecule has 132 valence electrons. The number of nitrogens with zero attached hydrogens (tertiary/aromatic N) is 1. The van der Waals surface area contributed by atoms with Crippen molar-refractivity contribution in [2.75, 3.05) is 13.1 Å². The molecule has 0 unspecified atom stereocenters. The van der Waals surface area contributed by atoms with Crippen LogP contribution in [0.1, 0.15) is 104 Å². The fraction of sp³-hybridized carbons (Fsp3) is 1.00. The van der Waals surface area contributed by atoms with E-state index in [1.165, 1.54) is 77.0 Å². The van der Waals surface area contributed by atoms with Gasteiger partial charge in [-0.2, -0.15) is 0 Å². The second kappa shape index (κ2) is 13.4. The van der Waals surface area contributed by atoms with Gasteiger partial charge in [0.1, 0.15) is 0 Å². The second-order valence-corrected chi connectivity index (χ2v) is 7.33. The number of aliphatic hydroxyl groups excluding tert-OH is 1. The molecule has 0 saturated carbocycles. The third kappa shape index (κ3) is 9.15. The highest BCUT2D eigenvalue weighted by molar-refractivity contribution is 4.78. The monoisotopic (exact) mass is 311 g/mol. The van der Waals surface area contributed by atoms with E-state index in [2.05, 4.69) is 18.7 Å². The van der Waals surface area contributed by atoms with E-state index in [9.17, 15) is 5.11 Å². The summed E-state index contributed by atoms with van der Waals surface area (Å²) in [6.45, 7) is 6.82. The summed E-state index contributed by atoms with van der Waals surface area (Å²) in [5, 5.41) is 9.73. The van der Waals surface area contributed by atoms with Gasteiger partial charge in [0, 0.05) is 19.1 Å². The van der Waals surface area contributed by atoms with Crippen LogP contribution in [0.2, 0.25) is 0 Å². The number of piperidine rings is 1. The summed E-state index contributed by atoms with van der Waals surface area (Å²) in [5.74, 6) is 0. The minimum atomic E-state index is -0.0361. The summed E-state index contributed by atoms with van der Waals surface area (Å²) in [4.78, 5) is 2.69. The van der Waals surface area contributed by atoms with Gasteiger partial charge in [-0.05, 0) is 25.7 Å². The van der Waals surface area contributed by atoms with Crippen LogP contribution in [-0.4, -0.2) is 35.2 Å². The highest BCUT2D eigenvalue weighted by atomic mass is 16.3. The third-order valence-electron chi connectivity index (χ3n) is 5.30. The molecule has 1 saturated heterocycles. The summed E-state index contributed by atoms with van der Waals surface area (Å²) < 4.78 is 0. The lowest BCUT2D eigenvalue weighted by atomic mass is 9.96. The number of aliphatic hydroxyl groups is 1. The topological polar surface area (TPSA) is 23.5 Å². The van der Waals surface area contributed by atoms with Crippen LogP contribution in [0.25, 0.3) is 0 Å². The van der Waals surface area contributed by atoms with Crippen LogP contribution in [0.4, 0.5) is 0 Å². The largest absolute Gasteiger partial charge is 0.393 e. The number of hydrogen-bond donors (Lipinski definition) is 1. The summed E-state index contributed by atoms with van der Waals surface area (Å²) in [6.07, 6.45) is 18.6. The van der Waals surface area contributed by atoms with Crippen LogP contribution < -0.4 is 0 Å². The van der Waals surface area contributed by atoms with Gasteiger partial charge in [0.2, 0.25) is 0 Å². The number of likely N-dealkylation sites (tertiary alicyclic amines) is 1. The summed E-state index contributed by atoms with van der Waals surface area (Å²) >= 11 is 0. The van der Waals surface area contributed by atoms with E-state index in [1.807, 2.05) is 0 Å². The molecule has 0 aromatic rings. The van der Waals surface area contributed by atoms with Crippen LogP contribution in [-0.2, 0) is 0 Å². The quantitative estimate of drug-likeness (QED) is 0.452. The molecule has 1 fully saturated rings. The van der Waals surface area contributed by atoms with Crippen molar-refractivity contribution in [3.05, 3.63) is 0 Å². The number of rotatable bonds is 13. The Hall–Kier alpha value is -0.0800. The standard InChI is InChI=1S/C20H41NO/c1-3-5-7-9-11-13-19(14-12-10-8-6-4-2)21-17-15-20(22)16-18-21/h19-20,22H,3-18H2,1-2H3. The van der Waals surface area contributed by atoms with Gasteiger partial charge in [-0.3, -0.25) is 0 Å². The van der Waals surface area contributed by atoms with E-state index in [4.69, 9.17) is 0 Å². The van der Waals surface area contributed by atoms with Gasteiger partial charge >= 0.3 is 0 Å². The summed E-state index contributed by atoms with van der Waals surface area (Å²) in [7, 11) is 0. The molecular weight excluding hydrogens is 270 g/mol. The number of hydrogen-bond acceptors (Lipinski definition) is 2. The molecule has 1 rings (SSSR count). The van der Waals surface area contributed by atoms with Gasteiger partial charge in [0.15, 0.2) is 0 Å². The molecule has 1 aliphatic rings. The maximum atomic E-state index is 9.73. The van der Waals surface area contributed by atoms with E-state index >= 15 is 0 Å². The highest BCUT2D eigenvalue weighted by Gasteiger charge is 2.23. The predicted molar refractivity (Wildman–Crippen MR) is 97.4 cm³/mol. The molecule has 0 bridgehead atoms. The number of unbranched alkanes of at least 4 members (excludes halogenated alkanes) is 8. The van der Waals surface area contributed by atoms with Crippen molar-refractivity contribution in [1.29, 1.82) is 0 Å². The van der Waals surface area contributed by atoms with Crippen LogP contribution in [0, 0.1) is 0 Å². The Bertz CT molecular complexity index is 222. The molecule has 2 heteroatoms. The lowest BCUT2D eigenvalue weighted by molar-refractivity contribution is 0.0546. The van der Waals surface area contributed by atoms with Gasteiger partial charge < -0.3 is 10.0 Å². The summed E-state index contributed by atoms with van der Waals surface area (Å²) in [6, 6.07) is 0.788. The molecule has 0 aromatic heterocycles. The Morgan fingerprint density at radius 1 is 0.773 bits per heavy atom. The highest BCUT2D eigenvalue weighted by Crippen LogP contribution is 2.22. The molecule has 0 atom stereocenters. The molecule has 22 heavy (non-hydrogen) atoms. The fourth-order valence-corrected chi connectivity index (χ4v) is 3.73. The third-order valence-corrected chi connectivity index (χ3v) is 5.30. The van der Waals surface area contributed by atoms with Gasteiger partial charge in [-0.15, -0.1) is 0 Å². The first-order valence-corrected chi connectivity index (χ1v) is 10.2. The van der Waals surface area contributed by atoms with Gasteiger partial charge in [-0.25, -0.2) is 0 Å². The first-order valence-electron chi connectivity index (χ1n) is 10.2. The average Bonchev–Trinajstić information content (AvgIpc) is 2.53. The second-order valence-electron chi connectivity index (χ2n) is 7.33. The molecule has 1 aliphatic heterocycles. The van der Waals surface area contributed by atoms with Crippen LogP contribution in [0.3, 0.4) is 0 Å². The van der Waals surface area contributed by atoms with Crippen LogP contribution >= 0.6 is 0 Å². The first kappa shape index (κ1) is 20.0. The Labute approximate surface area is 139 Å². The molecule has 1 heterocycles. The van der Waals surface area contributed by atoms with E-state index in [1.54, 1.807) is 0 Å². The molecule has 0 radical (unpaired) electrons. The van der Waals surface area contributed by atoms with Gasteiger partial charge in [0.25, 0.3) is 0 Å². The van der Waals surface area contributed by atoms with Crippen molar-refractivity contribution >= 4 is 0 Å². The predicted octanol–water partition coefficient (Wildman–Crippen LogP) is 5.53. The Kier molecular flexibility index (Phi) is 12.1. The van der Waals surface area contributed by atoms with Gasteiger partial charge in [0.05, 0.1) is 6.10 Å². The molecular formula is C20H41NO. The van der Waals surface area contributed by atoms with Crippen molar-refractivity contribution in [3.8, 4) is 0 Å². The van der Waals surface area contributed by atoms with E-state index in [-0.39, 0.29) is 6.10 Å². The van der Waals surface area contributed by atoms with Crippen molar-refractivity contribution in [2.45, 2.75) is 116 Å². The molecule has 1 N–H and O–H groups in total. The maximum Gasteiger partial charge on any atom is 0.0564 e.